The number of rotatable bonds is 3. The average Bonchev–Trinajstić information content (AvgIpc) is 3.38. The largest absolute Gasteiger partial charge is 0.453 e. The van der Waals surface area contributed by atoms with Crippen LogP contribution >= 0.6 is 0 Å². The molecule has 0 bridgehead atoms. The maximum absolute atomic E-state index is 6.26. The molecule has 2 aromatic heterocycles. The molecule has 319 valence electrons. The van der Waals surface area contributed by atoms with E-state index in [-0.39, 0.29) is 20.1 Å². The smallest absolute Gasteiger partial charge is 0.151 e. The van der Waals surface area contributed by atoms with Crippen LogP contribution in [0.1, 0.15) is 0 Å². The molecule has 14 rings (SSSR count). The minimum absolute atomic E-state index is 0. The molecule has 67 heavy (non-hydrogen) atoms. The van der Waals surface area contributed by atoms with E-state index in [1.165, 1.54) is 10.8 Å². The first-order valence-corrected chi connectivity index (χ1v) is 21.9. The summed E-state index contributed by atoms with van der Waals surface area (Å²) in [5.41, 5.74) is 11.7. The zero-order valence-corrected chi connectivity index (χ0v) is 38.1. The molecule has 0 saturated heterocycles. The Bertz CT molecular complexity index is 3590. The third-order valence-electron chi connectivity index (χ3n) is 12.4. The fourth-order valence-corrected chi connectivity index (χ4v) is 9.35. The minimum atomic E-state index is 0. The summed E-state index contributed by atoms with van der Waals surface area (Å²) in [6.07, 6.45) is 1.85. The number of pyridine rings is 1. The van der Waals surface area contributed by atoms with E-state index in [2.05, 4.69) is 118 Å². The van der Waals surface area contributed by atoms with Crippen molar-refractivity contribution in [3.05, 3.63) is 225 Å². The number of anilines is 6. The van der Waals surface area contributed by atoms with E-state index >= 15 is 0 Å². The Balaban J connectivity index is 0.000000233. The fraction of sp³-hybridized carbons (Fsp3) is 0. The molecule has 12 aromatic rings. The van der Waals surface area contributed by atoms with E-state index in [0.29, 0.717) is 0 Å². The SMILES string of the molecule is [Ir].[c-]1ccccc1-c1nccc2ccccc12.c1ccc2c(c1)Oc1ccccc1N2c1ccc2c(ccc3nc4ccc5cc(N6c7ccccc7Oc7ccccc76)ccc5c4nc32)c1. The van der Waals surface area contributed by atoms with Gasteiger partial charge >= 0.3 is 0 Å². The van der Waals surface area contributed by atoms with Crippen molar-refractivity contribution in [3.8, 4) is 34.3 Å². The van der Waals surface area contributed by atoms with Gasteiger partial charge in [-0.1, -0.05) is 97.1 Å². The molecule has 4 heterocycles. The average molecular weight is 1040 g/mol. The molecule has 2 aliphatic heterocycles. The maximum Gasteiger partial charge on any atom is 0.151 e. The number of para-hydroxylation sites is 8. The first-order valence-electron chi connectivity index (χ1n) is 21.9. The van der Waals surface area contributed by atoms with Gasteiger partial charge in [0.15, 0.2) is 23.0 Å². The predicted molar refractivity (Wildman–Crippen MR) is 268 cm³/mol. The van der Waals surface area contributed by atoms with Crippen LogP contribution in [0.2, 0.25) is 0 Å². The van der Waals surface area contributed by atoms with Gasteiger partial charge in [0.25, 0.3) is 0 Å². The van der Waals surface area contributed by atoms with Gasteiger partial charge in [-0.3, -0.25) is 0 Å². The molecule has 0 spiro atoms. The van der Waals surface area contributed by atoms with Crippen molar-refractivity contribution in [1.29, 1.82) is 0 Å². The Labute approximate surface area is 399 Å². The van der Waals surface area contributed by atoms with Crippen molar-refractivity contribution >= 4 is 88.5 Å². The Morgan fingerprint density at radius 2 is 0.866 bits per heavy atom. The monoisotopic (exact) mass is 1040 g/mol. The number of hydrogen-bond donors (Lipinski definition) is 0. The molecule has 0 unspecified atom stereocenters. The summed E-state index contributed by atoms with van der Waals surface area (Å²) in [7, 11) is 0. The van der Waals surface area contributed by atoms with Crippen molar-refractivity contribution in [3.63, 3.8) is 0 Å². The van der Waals surface area contributed by atoms with Crippen LogP contribution < -0.4 is 19.3 Å². The van der Waals surface area contributed by atoms with E-state index < -0.39 is 0 Å². The molecule has 8 heteroatoms. The van der Waals surface area contributed by atoms with Gasteiger partial charge < -0.3 is 24.3 Å². The summed E-state index contributed by atoms with van der Waals surface area (Å²) in [5, 5.41) is 6.70. The quantitative estimate of drug-likeness (QED) is 0.0992. The number of aromatic nitrogens is 3. The Kier molecular flexibility index (Phi) is 9.90. The van der Waals surface area contributed by atoms with Gasteiger partial charge in [0, 0.05) is 48.4 Å². The third kappa shape index (κ3) is 6.90. The topological polar surface area (TPSA) is 63.6 Å². The first kappa shape index (κ1) is 40.1. The van der Waals surface area contributed by atoms with Gasteiger partial charge in [0.2, 0.25) is 0 Å². The third-order valence-corrected chi connectivity index (χ3v) is 12.4. The van der Waals surface area contributed by atoms with Crippen LogP contribution in [-0.4, -0.2) is 15.0 Å². The molecule has 0 atom stereocenters. The van der Waals surface area contributed by atoms with Crippen molar-refractivity contribution < 1.29 is 29.6 Å². The standard InChI is InChI=1S/C44H26N4O2.C15H10N.Ir/c1-5-13-39-35(9-1)47(36-10-2-6-14-40(36)49-39)29-19-21-31-27(25-29)17-23-33-43(31)46-44-32-22-20-30(26-28(32)18-24-34(44)45-33)48-37-11-3-7-15-41(37)50-42-16-8-4-12-38(42)48;1-2-7-13(8-3-1)15-14-9-5-4-6-12(14)10-11-16-15;/h1-26H;1-7,9-11H;/q;-1;. The number of fused-ring (bicyclic) bond motifs is 11. The van der Waals surface area contributed by atoms with E-state index in [9.17, 15) is 0 Å². The van der Waals surface area contributed by atoms with E-state index in [1.54, 1.807) is 0 Å². The van der Waals surface area contributed by atoms with Gasteiger partial charge in [-0.05, 0) is 118 Å². The first-order chi connectivity index (χ1) is 32.7. The van der Waals surface area contributed by atoms with Crippen LogP contribution in [0.5, 0.6) is 23.0 Å². The summed E-state index contributed by atoms with van der Waals surface area (Å²) < 4.78 is 12.5. The molecule has 2 aliphatic rings. The molecule has 7 nitrogen and oxygen atoms in total. The van der Waals surface area contributed by atoms with E-state index in [1.807, 2.05) is 121 Å². The molecule has 0 amide bonds. The maximum atomic E-state index is 6.26. The molecule has 0 aliphatic carbocycles. The second-order valence-electron chi connectivity index (χ2n) is 16.3. The number of ether oxygens (including phenoxy) is 2. The summed E-state index contributed by atoms with van der Waals surface area (Å²) in [4.78, 5) is 19.4. The zero-order valence-electron chi connectivity index (χ0n) is 35.7. The molecule has 10 aromatic carbocycles. The number of nitrogens with zero attached hydrogens (tertiary/aromatic N) is 5. The van der Waals surface area contributed by atoms with Crippen molar-refractivity contribution in [2.75, 3.05) is 9.80 Å². The Morgan fingerprint density at radius 1 is 0.388 bits per heavy atom. The van der Waals surface area contributed by atoms with E-state index in [4.69, 9.17) is 19.4 Å². The summed E-state index contributed by atoms with van der Waals surface area (Å²) in [6, 6.07) is 75.7. The Hall–Kier alpha value is -8.42. The van der Waals surface area contributed by atoms with Crippen LogP contribution in [0.15, 0.2) is 219 Å². The summed E-state index contributed by atoms with van der Waals surface area (Å²) >= 11 is 0. The normalized spacial score (nSPS) is 12.2. The second-order valence-corrected chi connectivity index (χ2v) is 16.3. The van der Waals surface area contributed by atoms with Crippen molar-refractivity contribution in [1.82, 2.24) is 15.0 Å². The molecule has 0 fully saturated rings. The molecule has 0 N–H and O–H groups in total. The van der Waals surface area contributed by atoms with Crippen LogP contribution in [-0.2, 0) is 20.1 Å². The minimum Gasteiger partial charge on any atom is -0.453 e. The van der Waals surface area contributed by atoms with Crippen LogP contribution in [0.3, 0.4) is 0 Å². The Morgan fingerprint density at radius 3 is 1.37 bits per heavy atom. The van der Waals surface area contributed by atoms with Gasteiger partial charge in [-0.25, -0.2) is 9.97 Å². The van der Waals surface area contributed by atoms with Crippen LogP contribution in [0.4, 0.5) is 34.1 Å². The number of hydrogen-bond acceptors (Lipinski definition) is 7. The van der Waals surface area contributed by atoms with Gasteiger partial charge in [-0.2, -0.15) is 0 Å². The second kappa shape index (κ2) is 16.5. The summed E-state index contributed by atoms with van der Waals surface area (Å²) in [6.45, 7) is 0. The van der Waals surface area contributed by atoms with Crippen LogP contribution in [0.25, 0.3) is 65.6 Å². The predicted octanol–water partition coefficient (Wildman–Crippen LogP) is 15.9. The summed E-state index contributed by atoms with van der Waals surface area (Å²) in [5.74, 6) is 3.33. The number of benzene rings is 10. The van der Waals surface area contributed by atoms with E-state index in [0.717, 1.165) is 112 Å². The van der Waals surface area contributed by atoms with Crippen LogP contribution in [0, 0.1) is 6.07 Å². The van der Waals surface area contributed by atoms with Crippen molar-refractivity contribution in [2.45, 2.75) is 0 Å². The molecular weight excluding hydrogens is 1000 g/mol. The molecule has 0 saturated carbocycles. The van der Waals surface area contributed by atoms with Gasteiger partial charge in [0.05, 0.1) is 44.8 Å². The van der Waals surface area contributed by atoms with Gasteiger partial charge in [-0.15, -0.1) is 35.9 Å². The molecular formula is C59H36IrN5O2-. The zero-order chi connectivity index (χ0) is 43.6. The van der Waals surface area contributed by atoms with Crippen molar-refractivity contribution in [2.24, 2.45) is 0 Å². The molecule has 1 radical (unpaired) electrons. The fourth-order valence-electron chi connectivity index (χ4n) is 9.35. The van der Waals surface area contributed by atoms with Gasteiger partial charge in [0.1, 0.15) is 0 Å².